The second kappa shape index (κ2) is 9.87. The molecule has 1 heterocycles. The molecule has 1 aromatic heterocycles. The fourth-order valence-electron chi connectivity index (χ4n) is 4.27. The van der Waals surface area contributed by atoms with E-state index in [0.717, 1.165) is 44.8 Å². The van der Waals surface area contributed by atoms with Crippen molar-refractivity contribution in [1.82, 2.24) is 4.98 Å². The van der Waals surface area contributed by atoms with Crippen LogP contribution in [0.5, 0.6) is 0 Å². The molecular weight excluding hydrogens is 424 g/mol. The third-order valence-electron chi connectivity index (χ3n) is 5.84. The first-order valence-corrected chi connectivity index (χ1v) is 11.4. The minimum absolute atomic E-state index is 0.0151. The molecule has 0 atom stereocenters. The van der Waals surface area contributed by atoms with Crippen molar-refractivity contribution in [3.8, 4) is 5.69 Å². The molecule has 3 N–H and O–H groups in total. The van der Waals surface area contributed by atoms with Crippen molar-refractivity contribution in [2.24, 2.45) is 0 Å². The lowest BCUT2D eigenvalue weighted by atomic mass is 10.1. The van der Waals surface area contributed by atoms with Crippen molar-refractivity contribution in [1.29, 1.82) is 0 Å². The Hall–Kier alpha value is -4.00. The molecule has 0 saturated heterocycles. The number of aliphatic hydroxyl groups is 2. The van der Waals surface area contributed by atoms with E-state index in [2.05, 4.69) is 34.1 Å². The Labute approximate surface area is 198 Å². The van der Waals surface area contributed by atoms with Crippen molar-refractivity contribution in [3.63, 3.8) is 0 Å². The van der Waals surface area contributed by atoms with Crippen LogP contribution in [0.2, 0.25) is 0 Å². The number of hydrogen-bond donors (Lipinski definition) is 3. The van der Waals surface area contributed by atoms with Gasteiger partial charge in [0.15, 0.2) is 0 Å². The molecule has 34 heavy (non-hydrogen) atoms. The molecule has 5 aromatic rings. The van der Waals surface area contributed by atoms with E-state index in [9.17, 15) is 10.2 Å². The zero-order valence-corrected chi connectivity index (χ0v) is 18.8. The average Bonchev–Trinajstić information content (AvgIpc) is 2.88. The van der Waals surface area contributed by atoms with Crippen LogP contribution in [0.15, 0.2) is 97.1 Å². The molecule has 0 bridgehead atoms. The van der Waals surface area contributed by atoms with Crippen molar-refractivity contribution in [3.05, 3.63) is 97.1 Å². The molecule has 0 radical (unpaired) electrons. The number of rotatable bonds is 8. The zero-order chi connectivity index (χ0) is 23.3. The molecular formula is C28H27N4O2+. The van der Waals surface area contributed by atoms with Crippen LogP contribution in [0.25, 0.3) is 27.8 Å². The smallest absolute Gasteiger partial charge is 0.239 e. The molecule has 0 amide bonds. The summed E-state index contributed by atoms with van der Waals surface area (Å²) in [6.45, 7) is 0.926. The molecule has 0 aliphatic carbocycles. The highest BCUT2D eigenvalue weighted by atomic mass is 16.3. The average molecular weight is 452 g/mol. The van der Waals surface area contributed by atoms with Gasteiger partial charge in [-0.15, -0.1) is 4.57 Å². The molecule has 0 saturated carbocycles. The first kappa shape index (κ1) is 21.8. The normalized spacial score (nSPS) is 11.1. The van der Waals surface area contributed by atoms with Gasteiger partial charge >= 0.3 is 0 Å². The van der Waals surface area contributed by atoms with E-state index in [1.807, 2.05) is 77.7 Å². The van der Waals surface area contributed by atoms with Crippen LogP contribution in [0, 0.1) is 0 Å². The number of hydrogen-bond acceptors (Lipinski definition) is 5. The van der Waals surface area contributed by atoms with Crippen LogP contribution in [0.4, 0.5) is 17.1 Å². The number of anilines is 3. The second-order valence-electron chi connectivity index (χ2n) is 8.08. The third kappa shape index (κ3) is 4.41. The Bertz CT molecular complexity index is 1400. The monoisotopic (exact) mass is 451 g/mol. The number of para-hydroxylation sites is 2. The topological polar surface area (TPSA) is 72.5 Å². The largest absolute Gasteiger partial charge is 0.395 e. The van der Waals surface area contributed by atoms with Crippen molar-refractivity contribution in [2.75, 3.05) is 36.5 Å². The summed E-state index contributed by atoms with van der Waals surface area (Å²) in [5.74, 6) is 0. The number of nitrogens with one attached hydrogen (secondary N) is 1. The van der Waals surface area contributed by atoms with Crippen LogP contribution in [-0.4, -0.2) is 41.5 Å². The maximum Gasteiger partial charge on any atom is 0.239 e. The summed E-state index contributed by atoms with van der Waals surface area (Å²) in [4.78, 5) is 6.92. The van der Waals surface area contributed by atoms with Gasteiger partial charge < -0.3 is 20.4 Å². The maximum atomic E-state index is 9.52. The molecule has 170 valence electrons. The molecule has 0 fully saturated rings. The van der Waals surface area contributed by atoms with Gasteiger partial charge in [-0.3, -0.25) is 0 Å². The van der Waals surface area contributed by atoms with Crippen molar-refractivity contribution < 1.29 is 14.8 Å². The Morgan fingerprint density at radius 3 is 1.97 bits per heavy atom. The number of aliphatic hydroxyl groups excluding tert-OH is 2. The molecule has 5 rings (SSSR count). The molecule has 6 heteroatoms. The quantitative estimate of drug-likeness (QED) is 0.244. The summed E-state index contributed by atoms with van der Waals surface area (Å²) in [5, 5.41) is 22.5. The predicted octanol–water partition coefficient (Wildman–Crippen LogP) is 4.20. The fourth-order valence-corrected chi connectivity index (χ4v) is 4.27. The van der Waals surface area contributed by atoms with Crippen LogP contribution in [0.1, 0.15) is 0 Å². The standard InChI is InChI=1S/C28H26N4O2/c33-17-15-31(16-18-34)24-12-14-26-28(20-24)32(23-9-5-2-6-10-23)27-19-22(11-13-25(27)30-26)29-21-7-3-1-4-8-21/h1-14,19-20,33-34H,15-18H2/p+1. The lowest BCUT2D eigenvalue weighted by Crippen LogP contribution is -2.34. The molecule has 6 nitrogen and oxygen atoms in total. The van der Waals surface area contributed by atoms with Crippen LogP contribution < -0.4 is 14.8 Å². The summed E-state index contributed by atoms with van der Waals surface area (Å²) in [6, 6.07) is 32.6. The van der Waals surface area contributed by atoms with E-state index in [1.54, 1.807) is 0 Å². The highest BCUT2D eigenvalue weighted by Crippen LogP contribution is 2.25. The van der Waals surface area contributed by atoms with Crippen molar-refractivity contribution >= 4 is 39.1 Å². The molecule has 0 unspecified atom stereocenters. The van der Waals surface area contributed by atoms with E-state index in [0.29, 0.717) is 13.1 Å². The van der Waals surface area contributed by atoms with Crippen LogP contribution >= 0.6 is 0 Å². The van der Waals surface area contributed by atoms with E-state index < -0.39 is 0 Å². The van der Waals surface area contributed by atoms with Gasteiger partial charge in [0, 0.05) is 54.4 Å². The zero-order valence-electron chi connectivity index (χ0n) is 18.8. The summed E-state index contributed by atoms with van der Waals surface area (Å²) in [6.07, 6.45) is 0. The molecule has 4 aromatic carbocycles. The van der Waals surface area contributed by atoms with Crippen molar-refractivity contribution in [2.45, 2.75) is 0 Å². The Morgan fingerprint density at radius 2 is 1.29 bits per heavy atom. The highest BCUT2D eigenvalue weighted by Gasteiger charge is 2.21. The summed E-state index contributed by atoms with van der Waals surface area (Å²) in [5.41, 5.74) is 7.66. The van der Waals surface area contributed by atoms with Gasteiger partial charge in [-0.1, -0.05) is 36.4 Å². The lowest BCUT2D eigenvalue weighted by Gasteiger charge is -2.22. The highest BCUT2D eigenvalue weighted by molar-refractivity contribution is 5.86. The first-order chi connectivity index (χ1) is 16.8. The van der Waals surface area contributed by atoms with Gasteiger partial charge in [-0.25, -0.2) is 4.98 Å². The third-order valence-corrected chi connectivity index (χ3v) is 5.84. The van der Waals surface area contributed by atoms with E-state index >= 15 is 0 Å². The Kier molecular flexibility index (Phi) is 6.33. The number of aromatic nitrogens is 2. The van der Waals surface area contributed by atoms with E-state index in [4.69, 9.17) is 4.98 Å². The van der Waals surface area contributed by atoms with E-state index in [-0.39, 0.29) is 13.2 Å². The Balaban J connectivity index is 1.73. The first-order valence-electron chi connectivity index (χ1n) is 11.4. The maximum absolute atomic E-state index is 9.52. The van der Waals surface area contributed by atoms with Crippen LogP contribution in [-0.2, 0) is 0 Å². The van der Waals surface area contributed by atoms with Gasteiger partial charge in [0.1, 0.15) is 11.0 Å². The summed E-state index contributed by atoms with van der Waals surface area (Å²) >= 11 is 0. The van der Waals surface area contributed by atoms with Gasteiger partial charge in [0.25, 0.3) is 0 Å². The fraction of sp³-hybridized carbons (Fsp3) is 0.143. The predicted molar refractivity (Wildman–Crippen MR) is 137 cm³/mol. The van der Waals surface area contributed by atoms with Gasteiger partial charge in [-0.2, -0.15) is 0 Å². The van der Waals surface area contributed by atoms with Gasteiger partial charge in [-0.05, 0) is 36.4 Å². The summed E-state index contributed by atoms with van der Waals surface area (Å²) < 4.78 is 2.22. The minimum atomic E-state index is 0.0151. The SMILES string of the molecule is OCCN(CCO)c1ccc2nc3ccc(Nc4ccccc4)cc3[n+](-c3ccccc3)c2c1. The molecule has 0 spiro atoms. The number of nitrogens with zero attached hydrogens (tertiary/aromatic N) is 3. The van der Waals surface area contributed by atoms with Gasteiger partial charge in [0.2, 0.25) is 16.7 Å². The van der Waals surface area contributed by atoms with E-state index in [1.165, 1.54) is 0 Å². The lowest BCUT2D eigenvalue weighted by molar-refractivity contribution is -0.538. The Morgan fingerprint density at radius 1 is 0.676 bits per heavy atom. The number of benzene rings is 4. The van der Waals surface area contributed by atoms with Gasteiger partial charge in [0.05, 0.1) is 13.2 Å². The molecule has 0 aliphatic rings. The second-order valence-corrected chi connectivity index (χ2v) is 8.08. The molecule has 0 aliphatic heterocycles. The number of fused-ring (bicyclic) bond motifs is 2. The summed E-state index contributed by atoms with van der Waals surface area (Å²) in [7, 11) is 0. The minimum Gasteiger partial charge on any atom is -0.395 e. The van der Waals surface area contributed by atoms with Crippen LogP contribution in [0.3, 0.4) is 0 Å².